The van der Waals surface area contributed by atoms with Crippen molar-refractivity contribution in [3.05, 3.63) is 79.8 Å². The number of phenols is 1. The lowest BCUT2D eigenvalue weighted by molar-refractivity contribution is 0.451. The molecule has 1 heterocycles. The molecule has 5 nitrogen and oxygen atoms in total. The molecule has 0 fully saturated rings. The molecule has 6 heteroatoms. The van der Waals surface area contributed by atoms with Gasteiger partial charge in [0, 0.05) is 35.9 Å². The van der Waals surface area contributed by atoms with Crippen molar-refractivity contribution < 1.29 is 10.2 Å². The topological polar surface area (TPSA) is 85.4 Å². The van der Waals surface area contributed by atoms with Crippen LogP contribution in [0.25, 0.3) is 0 Å². The quantitative estimate of drug-likeness (QED) is 0.507. The number of benzene rings is 1. The molecule has 2 aromatic rings. The first-order chi connectivity index (χ1) is 14.0. The highest BCUT2D eigenvalue weighted by atomic mass is 32.1. The number of hydrogen-bond acceptors (Lipinski definition) is 5. The van der Waals surface area contributed by atoms with Gasteiger partial charge in [-0.2, -0.15) is 0 Å². The molecule has 4 N–H and O–H groups in total. The van der Waals surface area contributed by atoms with Crippen molar-refractivity contribution in [2.75, 3.05) is 6.54 Å². The van der Waals surface area contributed by atoms with Crippen LogP contribution in [-0.4, -0.2) is 21.7 Å². The highest BCUT2D eigenvalue weighted by molar-refractivity contribution is 7.09. The Labute approximate surface area is 181 Å². The van der Waals surface area contributed by atoms with Crippen LogP contribution in [0.4, 0.5) is 0 Å². The summed E-state index contributed by atoms with van der Waals surface area (Å²) in [6.07, 6.45) is 11.6. The number of H-pyrrole nitrogens is 1. The van der Waals surface area contributed by atoms with Crippen LogP contribution in [0.1, 0.15) is 43.7 Å². The van der Waals surface area contributed by atoms with E-state index in [1.807, 2.05) is 6.07 Å². The minimum absolute atomic E-state index is 0.0120. The third-order valence-electron chi connectivity index (χ3n) is 5.08. The van der Waals surface area contributed by atoms with E-state index in [9.17, 15) is 15.0 Å². The Kier molecular flexibility index (Phi) is 6.38. The van der Waals surface area contributed by atoms with Crippen molar-refractivity contribution in [1.82, 2.24) is 10.3 Å². The Bertz CT molecular complexity index is 1050. The summed E-state index contributed by atoms with van der Waals surface area (Å²) in [7, 11) is 0. The number of allylic oxidation sites excluding steroid dienone is 4. The van der Waals surface area contributed by atoms with Gasteiger partial charge in [-0.3, -0.25) is 9.78 Å². The van der Waals surface area contributed by atoms with E-state index in [-0.39, 0.29) is 27.3 Å². The lowest BCUT2D eigenvalue weighted by atomic mass is 9.82. The smallest absolute Gasteiger partial charge is 0.307 e. The molecule has 160 valence electrons. The average molecular weight is 427 g/mol. The number of aromatic nitrogens is 1. The Morgan fingerprint density at radius 1 is 1.03 bits per heavy atom. The fraction of sp³-hybridized carbons (Fsp3) is 0.375. The van der Waals surface area contributed by atoms with Gasteiger partial charge in [-0.05, 0) is 17.2 Å². The third-order valence-corrected chi connectivity index (χ3v) is 5.95. The Hall–Kier alpha value is -2.57. The lowest BCUT2D eigenvalue weighted by Crippen LogP contribution is -2.19. The van der Waals surface area contributed by atoms with Gasteiger partial charge in [-0.1, -0.05) is 81.5 Å². The molecule has 0 unspecified atom stereocenters. The van der Waals surface area contributed by atoms with Gasteiger partial charge in [-0.15, -0.1) is 0 Å². The molecule has 30 heavy (non-hydrogen) atoms. The summed E-state index contributed by atoms with van der Waals surface area (Å²) in [5, 5.41) is 23.5. The first-order valence-corrected chi connectivity index (χ1v) is 10.9. The fourth-order valence-corrected chi connectivity index (χ4v) is 4.14. The van der Waals surface area contributed by atoms with Crippen LogP contribution in [-0.2, 0) is 13.0 Å². The summed E-state index contributed by atoms with van der Waals surface area (Å²) in [5.74, 6) is 0.143. The number of nitrogens with one attached hydrogen (secondary N) is 2. The molecule has 0 saturated carbocycles. The van der Waals surface area contributed by atoms with Crippen molar-refractivity contribution >= 4 is 11.3 Å². The zero-order valence-electron chi connectivity index (χ0n) is 18.0. The molecule has 0 bridgehead atoms. The molecule has 0 radical (unpaired) electrons. The molecular formula is C24H30N2O3S. The van der Waals surface area contributed by atoms with Gasteiger partial charge in [-0.25, -0.2) is 0 Å². The van der Waals surface area contributed by atoms with Crippen molar-refractivity contribution in [3.8, 4) is 11.6 Å². The number of aromatic hydroxyl groups is 2. The fourth-order valence-electron chi connectivity index (χ4n) is 3.38. The first-order valence-electron chi connectivity index (χ1n) is 10.1. The highest BCUT2D eigenvalue weighted by Gasteiger charge is 2.18. The number of thiazole rings is 1. The molecule has 1 aromatic carbocycles. The van der Waals surface area contributed by atoms with E-state index in [0.29, 0.717) is 24.4 Å². The zero-order valence-corrected chi connectivity index (χ0v) is 18.8. The van der Waals surface area contributed by atoms with Crippen molar-refractivity contribution in [3.63, 3.8) is 0 Å². The first kappa shape index (κ1) is 22.1. The van der Waals surface area contributed by atoms with Crippen LogP contribution in [0.15, 0.2) is 58.9 Å². The van der Waals surface area contributed by atoms with E-state index in [4.69, 9.17) is 0 Å². The van der Waals surface area contributed by atoms with Gasteiger partial charge >= 0.3 is 4.87 Å². The summed E-state index contributed by atoms with van der Waals surface area (Å²) in [6, 6.07) is 5.37. The predicted molar refractivity (Wildman–Crippen MR) is 123 cm³/mol. The Morgan fingerprint density at radius 3 is 2.47 bits per heavy atom. The second kappa shape index (κ2) is 8.66. The van der Waals surface area contributed by atoms with E-state index >= 15 is 0 Å². The summed E-state index contributed by atoms with van der Waals surface area (Å²) in [4.78, 5) is 14.1. The van der Waals surface area contributed by atoms with E-state index < -0.39 is 0 Å². The molecule has 1 aliphatic carbocycles. The summed E-state index contributed by atoms with van der Waals surface area (Å²) < 4.78 is 0. The average Bonchev–Trinajstić information content (AvgIpc) is 2.97. The largest absolute Gasteiger partial charge is 0.508 e. The Morgan fingerprint density at radius 2 is 1.77 bits per heavy atom. The SMILES string of the molecule is CC1(C)C=CC(CNCc2cc(Cc3sc(=O)[nH]c3O)ccc2O)=CC(C)(C)C=C1. The standard InChI is InChI=1S/C24H30N2O3S/c1-23(2)8-7-17(13-24(3,4)10-9-23)14-25-15-18-11-16(5-6-19(18)27)12-20-21(28)26-22(29)30-20/h5-11,13,25,27-28H,12,14-15H2,1-4H3,(H,26,29). The second-order valence-corrected chi connectivity index (χ2v) is 10.1. The van der Waals surface area contributed by atoms with Crippen molar-refractivity contribution in [2.24, 2.45) is 10.8 Å². The van der Waals surface area contributed by atoms with Gasteiger partial charge < -0.3 is 15.5 Å². The summed E-state index contributed by atoms with van der Waals surface area (Å²) in [6.45, 7) is 9.97. The van der Waals surface area contributed by atoms with Crippen LogP contribution < -0.4 is 10.2 Å². The van der Waals surface area contributed by atoms with Crippen LogP contribution in [0.5, 0.6) is 11.6 Å². The number of phenolic OH excluding ortho intramolecular Hbond substituents is 1. The molecule has 0 saturated heterocycles. The highest BCUT2D eigenvalue weighted by Crippen LogP contribution is 2.30. The maximum Gasteiger partial charge on any atom is 0.307 e. The maximum atomic E-state index is 11.4. The van der Waals surface area contributed by atoms with Crippen LogP contribution in [0, 0.1) is 10.8 Å². The molecule has 3 rings (SSSR count). The van der Waals surface area contributed by atoms with Gasteiger partial charge in [0.15, 0.2) is 0 Å². The van der Waals surface area contributed by atoms with Crippen molar-refractivity contribution in [1.29, 1.82) is 0 Å². The van der Waals surface area contributed by atoms with Crippen LogP contribution in [0.2, 0.25) is 0 Å². The molecule has 1 aromatic heterocycles. The van der Waals surface area contributed by atoms with E-state index in [0.717, 1.165) is 22.5 Å². The van der Waals surface area contributed by atoms with Gasteiger partial charge in [0.2, 0.25) is 5.88 Å². The summed E-state index contributed by atoms with van der Waals surface area (Å²) >= 11 is 0.999. The molecule has 0 aliphatic heterocycles. The summed E-state index contributed by atoms with van der Waals surface area (Å²) in [5.41, 5.74) is 2.90. The lowest BCUT2D eigenvalue weighted by Gasteiger charge is -2.24. The molecule has 0 spiro atoms. The van der Waals surface area contributed by atoms with Crippen molar-refractivity contribution in [2.45, 2.75) is 40.7 Å². The zero-order chi connectivity index (χ0) is 21.9. The number of rotatable bonds is 6. The maximum absolute atomic E-state index is 11.4. The minimum Gasteiger partial charge on any atom is -0.508 e. The third kappa shape index (κ3) is 5.97. The van der Waals surface area contributed by atoms with E-state index in [1.54, 1.807) is 12.1 Å². The number of aromatic amines is 1. The normalized spacial score (nSPS) is 17.4. The van der Waals surface area contributed by atoms with E-state index in [1.165, 1.54) is 5.57 Å². The predicted octanol–water partition coefficient (Wildman–Crippen LogP) is 4.63. The molecule has 1 aliphatic rings. The van der Waals surface area contributed by atoms with E-state index in [2.05, 4.69) is 68.4 Å². The van der Waals surface area contributed by atoms with Crippen LogP contribution >= 0.6 is 11.3 Å². The Balaban J connectivity index is 1.69. The van der Waals surface area contributed by atoms with Gasteiger partial charge in [0.25, 0.3) is 0 Å². The molecule has 0 amide bonds. The van der Waals surface area contributed by atoms with Gasteiger partial charge in [0.1, 0.15) is 5.75 Å². The molecule has 0 atom stereocenters. The van der Waals surface area contributed by atoms with Gasteiger partial charge in [0.05, 0.1) is 4.88 Å². The number of hydrogen-bond donors (Lipinski definition) is 4. The molecular weight excluding hydrogens is 396 g/mol. The monoisotopic (exact) mass is 426 g/mol. The minimum atomic E-state index is -0.273. The second-order valence-electron chi connectivity index (χ2n) is 9.06. The van der Waals surface area contributed by atoms with Crippen LogP contribution in [0.3, 0.4) is 0 Å².